The molecule has 2 aliphatic heterocycles. The van der Waals surface area contributed by atoms with Crippen LogP contribution in [0.4, 0.5) is 0 Å². The predicted molar refractivity (Wildman–Crippen MR) is 126 cm³/mol. The van der Waals surface area contributed by atoms with Gasteiger partial charge in [0.1, 0.15) is 11.5 Å². The predicted octanol–water partition coefficient (Wildman–Crippen LogP) is 3.24. The number of carbonyl (C=O) groups excluding carboxylic acids is 1. The number of hydrogen-bond donors (Lipinski definition) is 1. The van der Waals surface area contributed by atoms with Crippen LogP contribution in [-0.4, -0.2) is 50.4 Å². The smallest absolute Gasteiger partial charge is 0.270 e. The van der Waals surface area contributed by atoms with Crippen molar-refractivity contribution in [3.63, 3.8) is 0 Å². The van der Waals surface area contributed by atoms with Gasteiger partial charge in [0.2, 0.25) is 6.79 Å². The van der Waals surface area contributed by atoms with Gasteiger partial charge in [-0.25, -0.2) is 0 Å². The fraction of sp³-hybridized carbons (Fsp3) is 0.417. The third kappa shape index (κ3) is 4.58. The van der Waals surface area contributed by atoms with Gasteiger partial charge in [-0.15, -0.1) is 10.2 Å². The van der Waals surface area contributed by atoms with E-state index in [0.29, 0.717) is 23.0 Å². The first-order chi connectivity index (χ1) is 16.5. The van der Waals surface area contributed by atoms with Crippen LogP contribution < -0.4 is 14.8 Å². The summed E-state index contributed by atoms with van der Waals surface area (Å²) in [5.41, 5.74) is 1.39. The zero-order valence-electron chi connectivity index (χ0n) is 19.2. The molecule has 4 heterocycles. The van der Waals surface area contributed by atoms with E-state index in [2.05, 4.69) is 43.8 Å². The summed E-state index contributed by atoms with van der Waals surface area (Å²) in [7, 11) is 0. The van der Waals surface area contributed by atoms with Crippen LogP contribution in [-0.2, 0) is 19.5 Å². The maximum Gasteiger partial charge on any atom is 0.270 e. The van der Waals surface area contributed by atoms with E-state index >= 15 is 0 Å². The van der Waals surface area contributed by atoms with E-state index in [0.717, 1.165) is 49.0 Å². The third-order valence-corrected chi connectivity index (χ3v) is 6.56. The Bertz CT molecular complexity index is 1180. The van der Waals surface area contributed by atoms with Crippen LogP contribution in [0.1, 0.15) is 47.6 Å². The van der Waals surface area contributed by atoms with Crippen molar-refractivity contribution in [2.45, 2.75) is 39.4 Å². The normalized spacial score (nSPS) is 16.2. The van der Waals surface area contributed by atoms with Crippen molar-refractivity contribution in [1.29, 1.82) is 0 Å². The van der Waals surface area contributed by atoms with E-state index in [1.807, 2.05) is 12.1 Å². The third-order valence-electron chi connectivity index (χ3n) is 6.21. The average molecular weight is 483 g/mol. The van der Waals surface area contributed by atoms with Crippen LogP contribution in [0.25, 0.3) is 0 Å². The SMILES string of the molecule is CC(C)[C@H](NC(=O)c1ccccn1)c1nnc2n1CCN(Cc1cc3c(cc1Cl)OCO3)CC2. The summed E-state index contributed by atoms with van der Waals surface area (Å²) in [4.78, 5) is 19.3. The molecule has 0 unspecified atom stereocenters. The highest BCUT2D eigenvalue weighted by atomic mass is 35.5. The first-order valence-electron chi connectivity index (χ1n) is 11.4. The van der Waals surface area contributed by atoms with E-state index in [-0.39, 0.29) is 24.7 Å². The van der Waals surface area contributed by atoms with Crippen molar-refractivity contribution < 1.29 is 14.3 Å². The monoisotopic (exact) mass is 482 g/mol. The van der Waals surface area contributed by atoms with Gasteiger partial charge in [-0.05, 0) is 29.7 Å². The molecule has 0 aliphatic carbocycles. The van der Waals surface area contributed by atoms with Gasteiger partial charge in [-0.2, -0.15) is 0 Å². The number of amides is 1. The number of nitrogens with zero attached hydrogens (tertiary/aromatic N) is 5. The maximum absolute atomic E-state index is 12.8. The number of carbonyl (C=O) groups is 1. The second-order valence-electron chi connectivity index (χ2n) is 8.86. The van der Waals surface area contributed by atoms with Crippen molar-refractivity contribution in [3.8, 4) is 11.5 Å². The number of rotatable bonds is 6. The summed E-state index contributed by atoms with van der Waals surface area (Å²) >= 11 is 6.50. The van der Waals surface area contributed by atoms with E-state index < -0.39 is 0 Å². The fourth-order valence-electron chi connectivity index (χ4n) is 4.34. The average Bonchev–Trinajstić information content (AvgIpc) is 3.40. The Kier molecular flexibility index (Phi) is 6.38. The lowest BCUT2D eigenvalue weighted by Gasteiger charge is -2.23. The molecule has 1 atom stereocenters. The van der Waals surface area contributed by atoms with E-state index in [1.54, 1.807) is 24.4 Å². The van der Waals surface area contributed by atoms with Crippen molar-refractivity contribution >= 4 is 17.5 Å². The Morgan fingerprint density at radius 3 is 2.74 bits per heavy atom. The van der Waals surface area contributed by atoms with Gasteiger partial charge in [0.05, 0.1) is 6.04 Å². The summed E-state index contributed by atoms with van der Waals surface area (Å²) in [6, 6.07) is 8.81. The minimum atomic E-state index is -0.273. The molecule has 10 heteroatoms. The number of benzene rings is 1. The van der Waals surface area contributed by atoms with Gasteiger partial charge < -0.3 is 19.4 Å². The Labute approximate surface area is 203 Å². The first-order valence-corrected chi connectivity index (χ1v) is 11.8. The molecular weight excluding hydrogens is 456 g/mol. The van der Waals surface area contributed by atoms with Gasteiger partial charge in [-0.3, -0.25) is 14.7 Å². The van der Waals surface area contributed by atoms with Crippen LogP contribution in [0.15, 0.2) is 36.5 Å². The number of ether oxygens (including phenoxy) is 2. The lowest BCUT2D eigenvalue weighted by atomic mass is 10.0. The zero-order valence-corrected chi connectivity index (χ0v) is 20.0. The number of aromatic nitrogens is 4. The molecule has 1 aromatic carbocycles. The molecule has 1 amide bonds. The van der Waals surface area contributed by atoms with Crippen molar-refractivity contribution in [2.75, 3.05) is 19.9 Å². The summed E-state index contributed by atoms with van der Waals surface area (Å²) < 4.78 is 13.1. The molecule has 2 aromatic heterocycles. The molecule has 0 saturated heterocycles. The minimum Gasteiger partial charge on any atom is -0.454 e. The Morgan fingerprint density at radius 2 is 1.97 bits per heavy atom. The van der Waals surface area contributed by atoms with E-state index in [1.165, 1.54) is 0 Å². The zero-order chi connectivity index (χ0) is 23.7. The summed E-state index contributed by atoms with van der Waals surface area (Å²) in [6.45, 7) is 7.42. The molecule has 178 valence electrons. The van der Waals surface area contributed by atoms with Gasteiger partial charge in [0.15, 0.2) is 17.3 Å². The Hall–Kier alpha value is -3.17. The highest BCUT2D eigenvalue weighted by molar-refractivity contribution is 6.31. The number of nitrogens with one attached hydrogen (secondary N) is 1. The second kappa shape index (κ2) is 9.60. The van der Waals surface area contributed by atoms with Crippen molar-refractivity contribution in [1.82, 2.24) is 30.0 Å². The highest BCUT2D eigenvalue weighted by Gasteiger charge is 2.28. The second-order valence-corrected chi connectivity index (χ2v) is 9.27. The van der Waals surface area contributed by atoms with Crippen molar-refractivity contribution in [2.24, 2.45) is 5.92 Å². The Morgan fingerprint density at radius 1 is 1.15 bits per heavy atom. The molecule has 1 N–H and O–H groups in total. The molecule has 0 bridgehead atoms. The molecule has 34 heavy (non-hydrogen) atoms. The fourth-order valence-corrected chi connectivity index (χ4v) is 4.55. The topological polar surface area (TPSA) is 94.4 Å². The molecule has 0 spiro atoms. The van der Waals surface area contributed by atoms with Gasteiger partial charge >= 0.3 is 0 Å². The molecular formula is C24H27ClN6O3. The quantitative estimate of drug-likeness (QED) is 0.576. The van der Waals surface area contributed by atoms with Gasteiger partial charge in [0, 0.05) is 49.9 Å². The summed E-state index contributed by atoms with van der Waals surface area (Å²) in [5, 5.41) is 12.7. The summed E-state index contributed by atoms with van der Waals surface area (Å²) in [6.07, 6.45) is 2.37. The number of hydrogen-bond acceptors (Lipinski definition) is 7. The minimum absolute atomic E-state index is 0.132. The number of fused-ring (bicyclic) bond motifs is 2. The van der Waals surface area contributed by atoms with Crippen LogP contribution in [0.2, 0.25) is 5.02 Å². The Balaban J connectivity index is 1.31. The van der Waals surface area contributed by atoms with Crippen LogP contribution in [0.3, 0.4) is 0 Å². The first kappa shape index (κ1) is 22.6. The molecule has 0 saturated carbocycles. The van der Waals surface area contributed by atoms with Gasteiger partial charge in [0.25, 0.3) is 5.91 Å². The lowest BCUT2D eigenvalue weighted by molar-refractivity contribution is 0.0916. The molecule has 2 aliphatic rings. The van der Waals surface area contributed by atoms with E-state index in [4.69, 9.17) is 21.1 Å². The molecule has 3 aromatic rings. The number of pyridine rings is 1. The van der Waals surface area contributed by atoms with Crippen LogP contribution in [0.5, 0.6) is 11.5 Å². The molecule has 0 radical (unpaired) electrons. The van der Waals surface area contributed by atoms with E-state index in [9.17, 15) is 4.79 Å². The standard InChI is InChI=1S/C24H27ClN6O3/c1-15(2)22(27-24(32)18-5-3-4-7-26-18)23-29-28-21-6-8-30(9-10-31(21)23)13-16-11-19-20(12-17(16)25)34-14-33-19/h3-5,7,11-12,15,22H,6,8-10,13-14H2,1-2H3,(H,27,32)/t22-/m0/s1. The number of halogens is 1. The molecule has 0 fully saturated rings. The highest BCUT2D eigenvalue weighted by Crippen LogP contribution is 2.37. The molecule has 9 nitrogen and oxygen atoms in total. The maximum atomic E-state index is 12.8. The van der Waals surface area contributed by atoms with Gasteiger partial charge in [-0.1, -0.05) is 31.5 Å². The van der Waals surface area contributed by atoms with Crippen LogP contribution >= 0.6 is 11.6 Å². The van der Waals surface area contributed by atoms with Crippen molar-refractivity contribution in [3.05, 3.63) is 64.5 Å². The summed E-state index contributed by atoms with van der Waals surface area (Å²) in [5.74, 6) is 3.03. The molecule has 5 rings (SSSR count). The largest absolute Gasteiger partial charge is 0.454 e. The van der Waals surface area contributed by atoms with Crippen LogP contribution in [0, 0.1) is 5.92 Å². The lowest BCUT2D eigenvalue weighted by Crippen LogP contribution is -2.34.